The molecule has 18 heavy (non-hydrogen) atoms. The molecule has 100 valence electrons. The molecule has 0 aromatic heterocycles. The van der Waals surface area contributed by atoms with Gasteiger partial charge in [-0.1, -0.05) is 6.92 Å². The van der Waals surface area contributed by atoms with Crippen LogP contribution in [0.1, 0.15) is 58.3 Å². The van der Waals surface area contributed by atoms with Crippen molar-refractivity contribution in [2.45, 2.75) is 58.3 Å². The van der Waals surface area contributed by atoms with Crippen LogP contribution in [-0.4, -0.2) is 23.9 Å². The maximum atomic E-state index is 13.0. The highest BCUT2D eigenvalue weighted by atomic mass is 16.2. The Balaban J connectivity index is 1.64. The van der Waals surface area contributed by atoms with Crippen LogP contribution >= 0.6 is 0 Å². The first-order valence-corrected chi connectivity index (χ1v) is 7.88. The monoisotopic (exact) mass is 247 g/mol. The van der Waals surface area contributed by atoms with E-state index in [1.807, 2.05) is 0 Å². The molecule has 2 heteroatoms. The molecule has 0 N–H and O–H groups in total. The van der Waals surface area contributed by atoms with Crippen molar-refractivity contribution in [2.24, 2.45) is 22.7 Å². The van der Waals surface area contributed by atoms with E-state index in [0.29, 0.717) is 11.3 Å². The molecular weight excluding hydrogens is 222 g/mol. The minimum absolute atomic E-state index is 0.0726. The number of nitrogens with zero attached hydrogens (tertiary/aromatic N) is 1. The van der Waals surface area contributed by atoms with E-state index >= 15 is 0 Å². The molecule has 4 saturated carbocycles. The summed E-state index contributed by atoms with van der Waals surface area (Å²) >= 11 is 0. The predicted octanol–water partition coefficient (Wildman–Crippen LogP) is 3.22. The van der Waals surface area contributed by atoms with E-state index in [2.05, 4.69) is 11.8 Å². The molecule has 5 rings (SSSR count). The number of likely N-dealkylation sites (tertiary alicyclic amines) is 1. The van der Waals surface area contributed by atoms with Gasteiger partial charge in [-0.15, -0.1) is 0 Å². The summed E-state index contributed by atoms with van der Waals surface area (Å²) in [7, 11) is 0. The quantitative estimate of drug-likeness (QED) is 0.696. The lowest BCUT2D eigenvalue weighted by molar-refractivity contribution is -0.165. The molecular formula is C16H25NO. The van der Waals surface area contributed by atoms with E-state index in [9.17, 15) is 4.79 Å². The van der Waals surface area contributed by atoms with Crippen molar-refractivity contribution in [1.82, 2.24) is 4.90 Å². The Kier molecular flexibility index (Phi) is 2.21. The van der Waals surface area contributed by atoms with Gasteiger partial charge >= 0.3 is 0 Å². The maximum absolute atomic E-state index is 13.0. The Morgan fingerprint density at radius 3 is 2.22 bits per heavy atom. The second-order valence-corrected chi connectivity index (χ2v) is 8.05. The van der Waals surface area contributed by atoms with Crippen molar-refractivity contribution < 1.29 is 4.79 Å². The summed E-state index contributed by atoms with van der Waals surface area (Å²) in [5.41, 5.74) is 0.572. The minimum Gasteiger partial charge on any atom is -0.342 e. The Morgan fingerprint density at radius 1 is 1.06 bits per heavy atom. The van der Waals surface area contributed by atoms with Crippen molar-refractivity contribution in [1.29, 1.82) is 0 Å². The van der Waals surface area contributed by atoms with Gasteiger partial charge in [-0.3, -0.25) is 4.79 Å². The number of amides is 1. The lowest BCUT2D eigenvalue weighted by Crippen LogP contribution is -2.57. The smallest absolute Gasteiger partial charge is 0.228 e. The summed E-state index contributed by atoms with van der Waals surface area (Å²) in [4.78, 5) is 15.2. The number of carbonyl (C=O) groups excluding carboxylic acids is 1. The summed E-state index contributed by atoms with van der Waals surface area (Å²) in [5.74, 6) is 2.27. The zero-order chi connectivity index (χ0) is 12.4. The normalized spacial score (nSPS) is 49.9. The van der Waals surface area contributed by atoms with Crippen molar-refractivity contribution >= 4 is 5.91 Å². The third-order valence-electron chi connectivity index (χ3n) is 6.20. The number of hydrogen-bond acceptors (Lipinski definition) is 1. The van der Waals surface area contributed by atoms with Gasteiger partial charge in [0.2, 0.25) is 5.91 Å². The molecule has 0 aromatic carbocycles. The molecule has 1 amide bonds. The van der Waals surface area contributed by atoms with Crippen molar-refractivity contribution in [3.05, 3.63) is 0 Å². The molecule has 2 atom stereocenters. The highest BCUT2D eigenvalue weighted by Crippen LogP contribution is 2.65. The van der Waals surface area contributed by atoms with Gasteiger partial charge in [0.25, 0.3) is 0 Å². The molecule has 4 aliphatic carbocycles. The largest absolute Gasteiger partial charge is 0.342 e. The van der Waals surface area contributed by atoms with Gasteiger partial charge in [-0.25, -0.2) is 0 Å². The van der Waals surface area contributed by atoms with Gasteiger partial charge in [-0.2, -0.15) is 0 Å². The van der Waals surface area contributed by atoms with E-state index in [0.717, 1.165) is 24.9 Å². The SMILES string of the molecule is CC12CC3CC(C1)CC(C(=O)N1CCCC1)(C3)C2. The van der Waals surface area contributed by atoms with Crippen LogP contribution < -0.4 is 0 Å². The fourth-order valence-corrected chi connectivity index (χ4v) is 6.23. The first-order valence-electron chi connectivity index (χ1n) is 7.88. The number of hydrogen-bond donors (Lipinski definition) is 0. The van der Waals surface area contributed by atoms with E-state index in [1.54, 1.807) is 0 Å². The van der Waals surface area contributed by atoms with Gasteiger partial charge in [0, 0.05) is 13.1 Å². The van der Waals surface area contributed by atoms with Crippen LogP contribution in [-0.2, 0) is 4.79 Å². The maximum Gasteiger partial charge on any atom is 0.228 e. The van der Waals surface area contributed by atoms with E-state index in [1.165, 1.54) is 51.4 Å². The van der Waals surface area contributed by atoms with Crippen LogP contribution in [0.25, 0.3) is 0 Å². The summed E-state index contributed by atoms with van der Waals surface area (Å²) < 4.78 is 0. The second-order valence-electron chi connectivity index (χ2n) is 8.05. The van der Waals surface area contributed by atoms with Gasteiger partial charge in [0.15, 0.2) is 0 Å². The first-order chi connectivity index (χ1) is 8.59. The lowest BCUT2D eigenvalue weighted by atomic mass is 9.44. The predicted molar refractivity (Wildman–Crippen MR) is 71.0 cm³/mol. The van der Waals surface area contributed by atoms with Crippen LogP contribution in [0.5, 0.6) is 0 Å². The van der Waals surface area contributed by atoms with Crippen LogP contribution in [0.4, 0.5) is 0 Å². The molecule has 1 aliphatic heterocycles. The molecule has 0 spiro atoms. The summed E-state index contributed by atoms with van der Waals surface area (Å²) in [5, 5.41) is 0. The van der Waals surface area contributed by atoms with Crippen molar-refractivity contribution in [3.8, 4) is 0 Å². The van der Waals surface area contributed by atoms with Gasteiger partial charge in [-0.05, 0) is 68.6 Å². The van der Waals surface area contributed by atoms with Crippen molar-refractivity contribution in [2.75, 3.05) is 13.1 Å². The summed E-state index contributed by atoms with van der Waals surface area (Å²) in [6.45, 7) is 4.52. The highest BCUT2D eigenvalue weighted by Gasteiger charge is 2.59. The van der Waals surface area contributed by atoms with Crippen LogP contribution in [0, 0.1) is 22.7 Å². The molecule has 2 unspecified atom stereocenters. The van der Waals surface area contributed by atoms with Crippen LogP contribution in [0.3, 0.4) is 0 Å². The molecule has 0 radical (unpaired) electrons. The minimum atomic E-state index is 0.0726. The average Bonchev–Trinajstić information content (AvgIpc) is 2.77. The zero-order valence-electron chi connectivity index (χ0n) is 11.6. The fourth-order valence-electron chi connectivity index (χ4n) is 6.23. The average molecular weight is 247 g/mol. The van der Waals surface area contributed by atoms with Gasteiger partial charge in [0.05, 0.1) is 5.41 Å². The van der Waals surface area contributed by atoms with E-state index < -0.39 is 0 Å². The zero-order valence-corrected chi connectivity index (χ0v) is 11.6. The molecule has 0 aromatic rings. The van der Waals surface area contributed by atoms with Crippen LogP contribution in [0.15, 0.2) is 0 Å². The fraction of sp³-hybridized carbons (Fsp3) is 0.938. The summed E-state index contributed by atoms with van der Waals surface area (Å²) in [6.07, 6.45) is 10.3. The third-order valence-corrected chi connectivity index (χ3v) is 6.20. The highest BCUT2D eigenvalue weighted by molar-refractivity contribution is 5.83. The number of rotatable bonds is 1. The molecule has 5 aliphatic rings. The second kappa shape index (κ2) is 3.52. The van der Waals surface area contributed by atoms with Crippen molar-refractivity contribution in [3.63, 3.8) is 0 Å². The molecule has 2 nitrogen and oxygen atoms in total. The number of carbonyl (C=O) groups is 1. The topological polar surface area (TPSA) is 20.3 Å². The Bertz CT molecular complexity index is 369. The lowest BCUT2D eigenvalue weighted by Gasteiger charge is -2.61. The Morgan fingerprint density at radius 2 is 1.67 bits per heavy atom. The Hall–Kier alpha value is -0.530. The Labute approximate surface area is 110 Å². The molecule has 4 bridgehead atoms. The third kappa shape index (κ3) is 1.50. The van der Waals surface area contributed by atoms with E-state index in [-0.39, 0.29) is 5.41 Å². The van der Waals surface area contributed by atoms with Gasteiger partial charge < -0.3 is 4.90 Å². The van der Waals surface area contributed by atoms with Gasteiger partial charge in [0.1, 0.15) is 0 Å². The molecule has 1 heterocycles. The summed E-state index contributed by atoms with van der Waals surface area (Å²) in [6, 6.07) is 0. The standard InChI is InChI=1S/C16H25NO/c1-15-7-12-6-13(8-15)10-16(9-12,11-15)14(18)17-4-2-3-5-17/h12-13H,2-11H2,1H3. The van der Waals surface area contributed by atoms with Crippen LogP contribution in [0.2, 0.25) is 0 Å². The first kappa shape index (κ1) is 11.3. The molecule has 5 fully saturated rings. The molecule has 1 saturated heterocycles. The van der Waals surface area contributed by atoms with E-state index in [4.69, 9.17) is 0 Å².